The van der Waals surface area contributed by atoms with Gasteiger partial charge in [0.2, 0.25) is 0 Å². The summed E-state index contributed by atoms with van der Waals surface area (Å²) in [7, 11) is 0. The van der Waals surface area contributed by atoms with Gasteiger partial charge in [-0.1, -0.05) is 79.8 Å². The number of aliphatic carboxylic acids is 1. The summed E-state index contributed by atoms with van der Waals surface area (Å²) >= 11 is 0. The first kappa shape index (κ1) is 22.6. The van der Waals surface area contributed by atoms with Gasteiger partial charge < -0.3 is 5.11 Å². The maximum Gasteiger partial charge on any atom is 0.328 e. The molecule has 0 saturated carbocycles. The summed E-state index contributed by atoms with van der Waals surface area (Å²) in [5.41, 5.74) is 0.733. The normalized spacial score (nSPS) is 13.8. The Hall–Kier alpha value is -2.35. The molecule has 0 aromatic rings. The van der Waals surface area contributed by atoms with Crippen LogP contribution in [0.1, 0.15) is 52.4 Å². The highest BCUT2D eigenvalue weighted by atomic mass is 16.4. The lowest BCUT2D eigenvalue weighted by Crippen LogP contribution is -1.87. The van der Waals surface area contributed by atoms with Gasteiger partial charge in [-0.2, -0.15) is 0 Å². The molecule has 0 bridgehead atoms. The number of hydrogen-bond acceptors (Lipinski definition) is 1. The van der Waals surface area contributed by atoms with E-state index in [4.69, 9.17) is 5.11 Å². The molecular formula is C23H32O2. The zero-order valence-corrected chi connectivity index (χ0v) is 15.6. The average Bonchev–Trinajstić information content (AvgIpc) is 2.57. The minimum atomic E-state index is -0.912. The lowest BCUT2D eigenvalue weighted by atomic mass is 10.2. The van der Waals surface area contributed by atoms with Gasteiger partial charge in [-0.05, 0) is 51.0 Å². The summed E-state index contributed by atoms with van der Waals surface area (Å²) in [6, 6.07) is 0. The third-order valence-corrected chi connectivity index (χ3v) is 3.18. The summed E-state index contributed by atoms with van der Waals surface area (Å²) in [4.78, 5) is 10.4. The SMILES string of the molecule is CC/C=C\C/C=C\C/C=C\C/C=C\CC/C=C/C=C/C(C)=C/C(=O)O. The zero-order chi connectivity index (χ0) is 18.6. The molecular weight excluding hydrogens is 308 g/mol. The standard InChI is InChI=1S/C23H32O2/c1-3-4-5-6-7-8-9-10-11-12-13-14-15-16-17-18-19-20-22(2)21-23(24)25/h4-5,7-8,10-11,13-14,17-21H,3,6,9,12,15-16H2,1-2H3,(H,24,25)/b5-4-,8-7-,11-10-,14-13-,18-17+,20-19+,22-21+. The van der Waals surface area contributed by atoms with E-state index in [1.807, 2.05) is 12.2 Å². The van der Waals surface area contributed by atoms with Crippen LogP contribution >= 0.6 is 0 Å². The number of carboxylic acid groups (broad SMARTS) is 1. The lowest BCUT2D eigenvalue weighted by Gasteiger charge is -1.88. The van der Waals surface area contributed by atoms with Gasteiger partial charge in [0, 0.05) is 6.08 Å². The van der Waals surface area contributed by atoms with Crippen molar-refractivity contribution in [1.82, 2.24) is 0 Å². The van der Waals surface area contributed by atoms with Gasteiger partial charge in [0.1, 0.15) is 0 Å². The molecule has 0 aliphatic carbocycles. The minimum Gasteiger partial charge on any atom is -0.478 e. The van der Waals surface area contributed by atoms with Gasteiger partial charge in [-0.3, -0.25) is 0 Å². The third-order valence-electron chi connectivity index (χ3n) is 3.18. The van der Waals surface area contributed by atoms with Crippen LogP contribution < -0.4 is 0 Å². The summed E-state index contributed by atoms with van der Waals surface area (Å²) in [6.07, 6.45) is 32.6. The second kappa shape index (κ2) is 18.0. The maximum atomic E-state index is 10.4. The Morgan fingerprint density at radius 3 is 1.84 bits per heavy atom. The fourth-order valence-corrected chi connectivity index (χ4v) is 1.92. The largest absolute Gasteiger partial charge is 0.478 e. The Balaban J connectivity index is 3.68. The summed E-state index contributed by atoms with van der Waals surface area (Å²) in [5.74, 6) is -0.912. The van der Waals surface area contributed by atoms with E-state index in [1.165, 1.54) is 6.08 Å². The van der Waals surface area contributed by atoms with Gasteiger partial charge >= 0.3 is 5.97 Å². The number of hydrogen-bond donors (Lipinski definition) is 1. The Morgan fingerprint density at radius 2 is 1.28 bits per heavy atom. The van der Waals surface area contributed by atoms with Crippen LogP contribution in [0.5, 0.6) is 0 Å². The van der Waals surface area contributed by atoms with Crippen molar-refractivity contribution < 1.29 is 9.90 Å². The summed E-state index contributed by atoms with van der Waals surface area (Å²) in [6.45, 7) is 3.92. The van der Waals surface area contributed by atoms with Crippen molar-refractivity contribution in [2.75, 3.05) is 0 Å². The van der Waals surface area contributed by atoms with Crippen LogP contribution in [-0.4, -0.2) is 11.1 Å². The van der Waals surface area contributed by atoms with Gasteiger partial charge in [-0.15, -0.1) is 0 Å². The molecule has 0 amide bonds. The Labute approximate surface area is 153 Å². The molecule has 0 aromatic heterocycles. The number of rotatable bonds is 13. The highest BCUT2D eigenvalue weighted by Gasteiger charge is 1.87. The van der Waals surface area contributed by atoms with E-state index in [-0.39, 0.29) is 0 Å². The lowest BCUT2D eigenvalue weighted by molar-refractivity contribution is -0.131. The third kappa shape index (κ3) is 19.6. The molecule has 0 rings (SSSR count). The monoisotopic (exact) mass is 340 g/mol. The molecule has 0 aliphatic rings. The first-order valence-corrected chi connectivity index (χ1v) is 9.01. The molecule has 0 spiro atoms. The van der Waals surface area contributed by atoms with E-state index in [2.05, 4.69) is 61.6 Å². The fraction of sp³-hybridized carbons (Fsp3) is 0.348. The second-order valence-electron chi connectivity index (χ2n) is 5.59. The summed E-state index contributed by atoms with van der Waals surface area (Å²) < 4.78 is 0. The van der Waals surface area contributed by atoms with E-state index in [0.717, 1.165) is 44.1 Å². The van der Waals surface area contributed by atoms with Crippen molar-refractivity contribution in [2.24, 2.45) is 0 Å². The predicted octanol–water partition coefficient (Wildman–Crippen LogP) is 6.72. The van der Waals surface area contributed by atoms with Crippen LogP contribution in [0.2, 0.25) is 0 Å². The minimum absolute atomic E-state index is 0.733. The maximum absolute atomic E-state index is 10.4. The van der Waals surface area contributed by atoms with Crippen molar-refractivity contribution in [1.29, 1.82) is 0 Å². The van der Waals surface area contributed by atoms with E-state index < -0.39 is 5.97 Å². The molecule has 0 saturated heterocycles. The molecule has 25 heavy (non-hydrogen) atoms. The first-order chi connectivity index (χ1) is 12.2. The molecule has 0 unspecified atom stereocenters. The molecule has 2 nitrogen and oxygen atoms in total. The van der Waals surface area contributed by atoms with Gasteiger partial charge in [0.05, 0.1) is 0 Å². The number of allylic oxidation sites excluding steroid dienone is 13. The molecule has 0 radical (unpaired) electrons. The van der Waals surface area contributed by atoms with Crippen molar-refractivity contribution in [3.8, 4) is 0 Å². The first-order valence-electron chi connectivity index (χ1n) is 9.01. The highest BCUT2D eigenvalue weighted by Crippen LogP contribution is 1.99. The van der Waals surface area contributed by atoms with Crippen molar-refractivity contribution in [3.63, 3.8) is 0 Å². The number of carbonyl (C=O) groups is 1. The molecule has 0 aliphatic heterocycles. The van der Waals surface area contributed by atoms with Crippen LogP contribution in [0, 0.1) is 0 Å². The summed E-state index contributed by atoms with van der Waals surface area (Å²) in [5, 5.41) is 8.58. The van der Waals surface area contributed by atoms with Gasteiger partial charge in [-0.25, -0.2) is 4.79 Å². The molecule has 0 aromatic carbocycles. The Kier molecular flexibility index (Phi) is 16.3. The van der Waals surface area contributed by atoms with Crippen molar-refractivity contribution in [3.05, 3.63) is 84.6 Å². The van der Waals surface area contributed by atoms with Crippen LogP contribution in [0.15, 0.2) is 84.6 Å². The van der Waals surface area contributed by atoms with Crippen LogP contribution in [0.3, 0.4) is 0 Å². The quantitative estimate of drug-likeness (QED) is 0.175. The smallest absolute Gasteiger partial charge is 0.328 e. The van der Waals surface area contributed by atoms with E-state index in [1.54, 1.807) is 13.0 Å². The predicted molar refractivity (Wildman–Crippen MR) is 110 cm³/mol. The molecule has 0 fully saturated rings. The average molecular weight is 341 g/mol. The van der Waals surface area contributed by atoms with Gasteiger partial charge in [0.25, 0.3) is 0 Å². The molecule has 2 heteroatoms. The molecule has 0 heterocycles. The fourth-order valence-electron chi connectivity index (χ4n) is 1.92. The van der Waals surface area contributed by atoms with Gasteiger partial charge in [0.15, 0.2) is 0 Å². The molecule has 0 atom stereocenters. The van der Waals surface area contributed by atoms with Crippen molar-refractivity contribution >= 4 is 5.97 Å². The molecule has 1 N–H and O–H groups in total. The van der Waals surface area contributed by atoms with Crippen LogP contribution in [0.25, 0.3) is 0 Å². The molecule has 136 valence electrons. The van der Waals surface area contributed by atoms with Crippen molar-refractivity contribution in [2.45, 2.75) is 52.4 Å². The van der Waals surface area contributed by atoms with Crippen LogP contribution in [0.4, 0.5) is 0 Å². The van der Waals surface area contributed by atoms with E-state index in [0.29, 0.717) is 0 Å². The number of unbranched alkanes of at least 4 members (excludes halogenated alkanes) is 1. The van der Waals surface area contributed by atoms with E-state index in [9.17, 15) is 4.79 Å². The Bertz CT molecular complexity index is 540. The van der Waals surface area contributed by atoms with E-state index >= 15 is 0 Å². The second-order valence-corrected chi connectivity index (χ2v) is 5.59. The topological polar surface area (TPSA) is 37.3 Å². The van der Waals surface area contributed by atoms with Crippen LogP contribution in [-0.2, 0) is 4.79 Å². The Morgan fingerprint density at radius 1 is 0.760 bits per heavy atom. The highest BCUT2D eigenvalue weighted by molar-refractivity contribution is 5.81. The number of carboxylic acids is 1. The zero-order valence-electron chi connectivity index (χ0n) is 15.6.